The summed E-state index contributed by atoms with van der Waals surface area (Å²) < 4.78 is 4.80. The molecule has 0 amide bonds. The SMILES string of the molecule is C=COC(=O)CCP(C(=O)c1c(C)cc(C)cc1C)C(=O)c1c(C)cc(C)cc1C. The minimum atomic E-state index is -1.78. The van der Waals surface area contributed by atoms with Crippen LogP contribution in [0, 0.1) is 41.5 Å². The molecule has 0 aromatic heterocycles. The van der Waals surface area contributed by atoms with Crippen LogP contribution in [0.5, 0.6) is 0 Å². The van der Waals surface area contributed by atoms with Crippen molar-refractivity contribution in [1.82, 2.24) is 0 Å². The molecule has 0 aliphatic carbocycles. The highest BCUT2D eigenvalue weighted by molar-refractivity contribution is 7.90. The molecule has 30 heavy (non-hydrogen) atoms. The molecule has 0 radical (unpaired) electrons. The summed E-state index contributed by atoms with van der Waals surface area (Å²) in [6.07, 6.45) is 1.21. The minimum Gasteiger partial charge on any atom is -0.435 e. The lowest BCUT2D eigenvalue weighted by molar-refractivity contribution is -0.137. The zero-order valence-corrected chi connectivity index (χ0v) is 19.5. The molecule has 2 aromatic carbocycles. The van der Waals surface area contributed by atoms with Gasteiger partial charge < -0.3 is 4.74 Å². The van der Waals surface area contributed by atoms with Gasteiger partial charge in [-0.3, -0.25) is 14.4 Å². The largest absolute Gasteiger partial charge is 0.435 e. The van der Waals surface area contributed by atoms with E-state index in [0.29, 0.717) is 11.1 Å². The zero-order chi connectivity index (χ0) is 22.6. The molecular formula is C25H29O4P. The molecule has 158 valence electrons. The number of esters is 1. The first kappa shape index (κ1) is 23.7. The zero-order valence-electron chi connectivity index (χ0n) is 18.6. The van der Waals surface area contributed by atoms with Crippen LogP contribution in [0.15, 0.2) is 37.1 Å². The average Bonchev–Trinajstić information content (AvgIpc) is 2.60. The molecule has 0 saturated heterocycles. The van der Waals surface area contributed by atoms with Crippen molar-refractivity contribution < 1.29 is 19.1 Å². The molecule has 4 nitrogen and oxygen atoms in total. The molecule has 0 unspecified atom stereocenters. The Bertz CT molecular complexity index is 904. The van der Waals surface area contributed by atoms with Crippen molar-refractivity contribution in [3.8, 4) is 0 Å². The predicted octanol–water partition coefficient (Wildman–Crippen LogP) is 6.08. The molecule has 2 rings (SSSR count). The summed E-state index contributed by atoms with van der Waals surface area (Å²) in [6, 6.07) is 7.80. The van der Waals surface area contributed by atoms with E-state index in [0.717, 1.165) is 39.6 Å². The van der Waals surface area contributed by atoms with Crippen LogP contribution in [0.1, 0.15) is 60.5 Å². The third-order valence-electron chi connectivity index (χ3n) is 5.03. The van der Waals surface area contributed by atoms with Gasteiger partial charge in [-0.2, -0.15) is 0 Å². The lowest BCUT2D eigenvalue weighted by atomic mass is 10.0. The molecule has 0 saturated carbocycles. The Balaban J connectivity index is 2.53. The van der Waals surface area contributed by atoms with Crippen molar-refractivity contribution >= 4 is 24.9 Å². The maximum atomic E-state index is 13.6. The smallest absolute Gasteiger partial charge is 0.310 e. The molecule has 0 aliphatic heterocycles. The standard InChI is InChI=1S/C25H29O4P/c1-8-29-21(26)9-10-30(24(27)22-17(4)11-15(2)12-18(22)5)25(28)23-19(6)13-16(3)14-20(23)7/h8,11-14H,1,9-10H2,2-7H3. The van der Waals surface area contributed by atoms with Crippen molar-refractivity contribution in [2.75, 3.05) is 6.16 Å². The molecule has 2 aromatic rings. The normalized spacial score (nSPS) is 10.8. The number of rotatable bonds is 8. The van der Waals surface area contributed by atoms with Crippen LogP contribution in [0.2, 0.25) is 0 Å². The van der Waals surface area contributed by atoms with Crippen LogP contribution in [-0.4, -0.2) is 23.2 Å². The predicted molar refractivity (Wildman–Crippen MR) is 123 cm³/mol. The van der Waals surface area contributed by atoms with Gasteiger partial charge in [0.1, 0.15) is 0 Å². The van der Waals surface area contributed by atoms with E-state index in [1.807, 2.05) is 65.8 Å². The number of ether oxygens (including phenoxy) is 1. The summed E-state index contributed by atoms with van der Waals surface area (Å²) >= 11 is 0. The van der Waals surface area contributed by atoms with Gasteiger partial charge in [-0.15, -0.1) is 0 Å². The summed E-state index contributed by atoms with van der Waals surface area (Å²) in [6.45, 7) is 14.9. The Morgan fingerprint density at radius 1 is 0.800 bits per heavy atom. The first-order valence-electron chi connectivity index (χ1n) is 9.89. The number of carbonyl (C=O) groups excluding carboxylic acids is 3. The molecular weight excluding hydrogens is 395 g/mol. The van der Waals surface area contributed by atoms with E-state index in [4.69, 9.17) is 4.74 Å². The fourth-order valence-corrected chi connectivity index (χ4v) is 6.20. The summed E-state index contributed by atoms with van der Waals surface area (Å²) in [5.41, 5.74) is 6.33. The first-order valence-corrected chi connectivity index (χ1v) is 11.4. The molecule has 5 heteroatoms. The second-order valence-electron chi connectivity index (χ2n) is 7.72. The highest BCUT2D eigenvalue weighted by atomic mass is 31.1. The van der Waals surface area contributed by atoms with Gasteiger partial charge in [0.15, 0.2) is 11.0 Å². The highest BCUT2D eigenvalue weighted by Crippen LogP contribution is 2.46. The van der Waals surface area contributed by atoms with Gasteiger partial charge in [0.05, 0.1) is 12.7 Å². The lowest BCUT2D eigenvalue weighted by Gasteiger charge is -2.20. The molecule has 0 N–H and O–H groups in total. The van der Waals surface area contributed by atoms with Crippen molar-refractivity contribution in [3.05, 3.63) is 81.6 Å². The van der Waals surface area contributed by atoms with E-state index < -0.39 is 13.9 Å². The van der Waals surface area contributed by atoms with Crippen molar-refractivity contribution in [1.29, 1.82) is 0 Å². The summed E-state index contributed by atoms with van der Waals surface area (Å²) in [5, 5.41) is 0. The summed E-state index contributed by atoms with van der Waals surface area (Å²) in [4.78, 5) is 39.1. The Morgan fingerprint density at radius 2 is 1.17 bits per heavy atom. The molecule has 0 atom stereocenters. The maximum absolute atomic E-state index is 13.6. The van der Waals surface area contributed by atoms with Gasteiger partial charge in [-0.1, -0.05) is 42.0 Å². The first-order chi connectivity index (χ1) is 14.1. The van der Waals surface area contributed by atoms with Crippen molar-refractivity contribution in [3.63, 3.8) is 0 Å². The Kier molecular flexibility index (Phi) is 7.86. The number of hydrogen-bond donors (Lipinski definition) is 0. The van der Waals surface area contributed by atoms with Crippen LogP contribution in [0.4, 0.5) is 0 Å². The fraction of sp³-hybridized carbons (Fsp3) is 0.320. The quantitative estimate of drug-likeness (QED) is 0.293. The van der Waals surface area contributed by atoms with Gasteiger partial charge in [-0.05, 0) is 70.0 Å². The van der Waals surface area contributed by atoms with Crippen LogP contribution in [0.25, 0.3) is 0 Å². The Morgan fingerprint density at radius 3 is 1.50 bits per heavy atom. The maximum Gasteiger partial charge on any atom is 0.310 e. The van der Waals surface area contributed by atoms with E-state index >= 15 is 0 Å². The molecule has 0 bridgehead atoms. The van der Waals surface area contributed by atoms with E-state index in [1.54, 1.807) is 0 Å². The molecule has 0 spiro atoms. The third-order valence-corrected chi connectivity index (χ3v) is 7.13. The van der Waals surface area contributed by atoms with Crippen molar-refractivity contribution in [2.45, 2.75) is 48.0 Å². The van der Waals surface area contributed by atoms with Crippen LogP contribution < -0.4 is 0 Å². The van der Waals surface area contributed by atoms with Gasteiger partial charge in [0.2, 0.25) is 0 Å². The molecule has 0 heterocycles. The van der Waals surface area contributed by atoms with Gasteiger partial charge >= 0.3 is 5.97 Å². The number of benzene rings is 2. The summed E-state index contributed by atoms with van der Waals surface area (Å²) in [5.74, 6) is -0.493. The van der Waals surface area contributed by atoms with Crippen LogP contribution >= 0.6 is 7.92 Å². The van der Waals surface area contributed by atoms with E-state index in [1.165, 1.54) is 0 Å². The number of hydrogen-bond acceptors (Lipinski definition) is 4. The van der Waals surface area contributed by atoms with E-state index in [-0.39, 0.29) is 23.6 Å². The van der Waals surface area contributed by atoms with Gasteiger partial charge in [0.25, 0.3) is 0 Å². The number of aryl methyl sites for hydroxylation is 6. The second-order valence-corrected chi connectivity index (χ2v) is 9.83. The Hall–Kier alpha value is -2.58. The summed E-state index contributed by atoms with van der Waals surface area (Å²) in [7, 11) is -1.78. The lowest BCUT2D eigenvalue weighted by Crippen LogP contribution is -2.15. The topological polar surface area (TPSA) is 60.4 Å². The minimum absolute atomic E-state index is 0.0108. The molecule has 0 fully saturated rings. The third kappa shape index (κ3) is 5.31. The highest BCUT2D eigenvalue weighted by Gasteiger charge is 2.32. The fourth-order valence-electron chi connectivity index (χ4n) is 3.95. The van der Waals surface area contributed by atoms with Gasteiger partial charge in [0, 0.05) is 19.0 Å². The second kappa shape index (κ2) is 9.95. The average molecular weight is 424 g/mol. The Labute approximate surface area is 180 Å². The van der Waals surface area contributed by atoms with Crippen LogP contribution in [0.3, 0.4) is 0 Å². The monoisotopic (exact) mass is 424 g/mol. The molecule has 0 aliphatic rings. The van der Waals surface area contributed by atoms with E-state index in [2.05, 4.69) is 6.58 Å². The van der Waals surface area contributed by atoms with Gasteiger partial charge in [-0.25, -0.2) is 0 Å². The van der Waals surface area contributed by atoms with Crippen LogP contribution in [-0.2, 0) is 9.53 Å². The van der Waals surface area contributed by atoms with Crippen molar-refractivity contribution in [2.24, 2.45) is 0 Å². The van der Waals surface area contributed by atoms with E-state index in [9.17, 15) is 14.4 Å². The number of carbonyl (C=O) groups is 3.